The van der Waals surface area contributed by atoms with Crippen LogP contribution >= 0.6 is 0 Å². The molecule has 0 rings (SSSR count). The first-order chi connectivity index (χ1) is 5.02. The molecule has 0 aromatic rings. The second kappa shape index (κ2) is 4.10. The number of hydrogen-bond donors (Lipinski definition) is 0. The van der Waals surface area contributed by atoms with Crippen LogP contribution in [-0.2, 0) is 0 Å². The molecule has 4 heteroatoms. The van der Waals surface area contributed by atoms with Gasteiger partial charge in [0.2, 0.25) is 0 Å². The van der Waals surface area contributed by atoms with Crippen molar-refractivity contribution in [2.45, 2.75) is 31.5 Å². The van der Waals surface area contributed by atoms with Gasteiger partial charge < -0.3 is 4.11 Å². The highest BCUT2D eigenvalue weighted by molar-refractivity contribution is 6.72. The largest absolute Gasteiger partial charge is 0.313 e. The topological polar surface area (TPSA) is 47.6 Å². The Hall–Kier alpha value is -0.873. The van der Waals surface area contributed by atoms with Crippen molar-refractivity contribution in [2.75, 3.05) is 0 Å². The molecule has 1 unspecified atom stereocenters. The highest BCUT2D eigenvalue weighted by atomic mass is 28.4. The standard InChI is InChI=1S/C7H11FN2Si/c1-11(2,8)7(6-10)4-3-5-9/h7H,3-4H2,1-2H3. The average Bonchev–Trinajstić information content (AvgIpc) is 1.87. The fourth-order valence-electron chi connectivity index (χ4n) is 0.770. The molecule has 0 saturated heterocycles. The van der Waals surface area contributed by atoms with Crippen LogP contribution in [0.4, 0.5) is 4.11 Å². The van der Waals surface area contributed by atoms with Gasteiger partial charge in [0.15, 0.2) is 0 Å². The molecule has 0 spiro atoms. The van der Waals surface area contributed by atoms with E-state index in [4.69, 9.17) is 10.5 Å². The molecule has 0 amide bonds. The second-order valence-corrected chi connectivity index (χ2v) is 6.77. The maximum atomic E-state index is 13.2. The summed E-state index contributed by atoms with van der Waals surface area (Å²) in [6.07, 6.45) is 0.654. The molecule has 0 fully saturated rings. The van der Waals surface area contributed by atoms with Crippen molar-refractivity contribution in [3.63, 3.8) is 0 Å². The normalized spacial score (nSPS) is 13.2. The lowest BCUT2D eigenvalue weighted by atomic mass is 10.2. The molecule has 2 nitrogen and oxygen atoms in total. The Balaban J connectivity index is 4.02. The Morgan fingerprint density at radius 2 is 2.00 bits per heavy atom. The first kappa shape index (κ1) is 10.1. The molecule has 0 aromatic carbocycles. The van der Waals surface area contributed by atoms with Crippen LogP contribution in [0.15, 0.2) is 0 Å². The molecule has 0 saturated carbocycles. The van der Waals surface area contributed by atoms with Gasteiger partial charge in [0.1, 0.15) is 0 Å². The third-order valence-corrected chi connectivity index (χ3v) is 3.60. The van der Waals surface area contributed by atoms with Crippen LogP contribution < -0.4 is 0 Å². The minimum atomic E-state index is -2.84. The Morgan fingerprint density at radius 3 is 2.27 bits per heavy atom. The summed E-state index contributed by atoms with van der Waals surface area (Å²) < 4.78 is 13.2. The van der Waals surface area contributed by atoms with Crippen molar-refractivity contribution < 1.29 is 4.11 Å². The van der Waals surface area contributed by atoms with Crippen LogP contribution in [0.1, 0.15) is 12.8 Å². The lowest BCUT2D eigenvalue weighted by Crippen LogP contribution is -2.25. The summed E-state index contributed by atoms with van der Waals surface area (Å²) in [4.78, 5) is 0. The SMILES string of the molecule is C[Si](C)(F)C(C#N)CCC#N. The number of hydrogen-bond acceptors (Lipinski definition) is 2. The quantitative estimate of drug-likeness (QED) is 0.482. The Bertz CT molecular complexity index is 196. The summed E-state index contributed by atoms with van der Waals surface area (Å²) in [7, 11) is -2.84. The van der Waals surface area contributed by atoms with Gasteiger partial charge in [0.25, 0.3) is 8.41 Å². The van der Waals surface area contributed by atoms with Gasteiger partial charge in [-0.1, -0.05) is 0 Å². The lowest BCUT2D eigenvalue weighted by molar-refractivity contribution is 0.722. The van der Waals surface area contributed by atoms with E-state index < -0.39 is 13.9 Å². The Kier molecular flexibility index (Phi) is 3.77. The third-order valence-electron chi connectivity index (χ3n) is 1.53. The molecule has 60 valence electrons. The summed E-state index contributed by atoms with van der Waals surface area (Å²) in [5, 5.41) is 16.7. The van der Waals surface area contributed by atoms with Crippen LogP contribution in [0.3, 0.4) is 0 Å². The monoisotopic (exact) mass is 170 g/mol. The number of nitriles is 2. The fraction of sp³-hybridized carbons (Fsp3) is 0.714. The van der Waals surface area contributed by atoms with Crippen LogP contribution in [0.25, 0.3) is 0 Å². The second-order valence-electron chi connectivity index (χ2n) is 2.94. The van der Waals surface area contributed by atoms with E-state index in [0.29, 0.717) is 6.42 Å². The maximum absolute atomic E-state index is 13.2. The van der Waals surface area contributed by atoms with E-state index in [1.54, 1.807) is 0 Å². The predicted molar refractivity (Wildman–Crippen MR) is 42.8 cm³/mol. The van der Waals surface area contributed by atoms with Gasteiger partial charge in [0.05, 0.1) is 17.7 Å². The summed E-state index contributed by atoms with van der Waals surface area (Å²) in [5.41, 5.74) is -0.526. The molecular formula is C7H11FN2Si. The zero-order valence-corrected chi connectivity index (χ0v) is 7.76. The first-order valence-corrected chi connectivity index (χ1v) is 6.43. The van der Waals surface area contributed by atoms with Crippen molar-refractivity contribution in [1.29, 1.82) is 10.5 Å². The zero-order valence-electron chi connectivity index (χ0n) is 6.76. The highest BCUT2D eigenvalue weighted by Crippen LogP contribution is 2.26. The number of halogens is 1. The predicted octanol–water partition coefficient (Wildman–Crippen LogP) is 2.36. The van der Waals surface area contributed by atoms with Gasteiger partial charge in [-0.25, -0.2) is 0 Å². The van der Waals surface area contributed by atoms with E-state index in [9.17, 15) is 4.11 Å². The number of nitrogens with zero attached hydrogens (tertiary/aromatic N) is 2. The van der Waals surface area contributed by atoms with E-state index in [2.05, 4.69) is 0 Å². The first-order valence-electron chi connectivity index (χ1n) is 3.48. The Labute approximate surface area is 67.4 Å². The van der Waals surface area contributed by atoms with Crippen molar-refractivity contribution in [1.82, 2.24) is 0 Å². The van der Waals surface area contributed by atoms with Crippen LogP contribution in [0.2, 0.25) is 18.6 Å². The van der Waals surface area contributed by atoms with Crippen molar-refractivity contribution >= 4 is 8.41 Å². The van der Waals surface area contributed by atoms with Crippen molar-refractivity contribution in [3.8, 4) is 12.1 Å². The van der Waals surface area contributed by atoms with Crippen molar-refractivity contribution in [2.24, 2.45) is 0 Å². The van der Waals surface area contributed by atoms with E-state index in [0.717, 1.165) is 0 Å². The van der Waals surface area contributed by atoms with E-state index in [-0.39, 0.29) is 6.42 Å². The fourth-order valence-corrected chi connectivity index (χ4v) is 1.91. The summed E-state index contributed by atoms with van der Waals surface area (Å²) >= 11 is 0. The van der Waals surface area contributed by atoms with E-state index >= 15 is 0 Å². The molecule has 0 aliphatic rings. The van der Waals surface area contributed by atoms with E-state index in [1.165, 1.54) is 13.1 Å². The van der Waals surface area contributed by atoms with Gasteiger partial charge in [-0.05, 0) is 19.5 Å². The van der Waals surface area contributed by atoms with Gasteiger partial charge in [-0.15, -0.1) is 0 Å². The minimum absolute atomic E-state index is 0.276. The lowest BCUT2D eigenvalue weighted by Gasteiger charge is -2.15. The average molecular weight is 170 g/mol. The van der Waals surface area contributed by atoms with Gasteiger partial charge in [-0.3, -0.25) is 0 Å². The highest BCUT2D eigenvalue weighted by Gasteiger charge is 2.32. The molecule has 11 heavy (non-hydrogen) atoms. The molecule has 0 N–H and O–H groups in total. The zero-order chi connectivity index (χ0) is 8.91. The van der Waals surface area contributed by atoms with Gasteiger partial charge in [-0.2, -0.15) is 10.5 Å². The molecule has 0 bridgehead atoms. The summed E-state index contributed by atoms with van der Waals surface area (Å²) in [6.45, 7) is 3.00. The van der Waals surface area contributed by atoms with Crippen LogP contribution in [0.5, 0.6) is 0 Å². The van der Waals surface area contributed by atoms with Crippen LogP contribution in [0, 0.1) is 22.7 Å². The molecule has 0 aliphatic heterocycles. The van der Waals surface area contributed by atoms with E-state index in [1.807, 2.05) is 12.1 Å². The minimum Gasteiger partial charge on any atom is -0.313 e. The molecule has 0 aliphatic carbocycles. The number of rotatable bonds is 3. The summed E-state index contributed by atoms with van der Waals surface area (Å²) in [5.74, 6) is 0. The molecule has 0 heterocycles. The molecule has 1 atom stereocenters. The Morgan fingerprint density at radius 1 is 1.45 bits per heavy atom. The molecule has 0 radical (unpaired) electrons. The van der Waals surface area contributed by atoms with Gasteiger partial charge >= 0.3 is 0 Å². The van der Waals surface area contributed by atoms with Crippen LogP contribution in [-0.4, -0.2) is 8.41 Å². The van der Waals surface area contributed by atoms with Crippen molar-refractivity contribution in [3.05, 3.63) is 0 Å². The maximum Gasteiger partial charge on any atom is 0.257 e. The summed E-state index contributed by atoms with van der Waals surface area (Å²) in [6, 6.07) is 3.82. The molecule has 0 aromatic heterocycles. The smallest absolute Gasteiger partial charge is 0.257 e. The van der Waals surface area contributed by atoms with Gasteiger partial charge in [0, 0.05) is 6.42 Å². The third kappa shape index (κ3) is 3.74. The molecular weight excluding hydrogens is 159 g/mol.